The molecule has 1 aromatic carbocycles. The fourth-order valence-electron chi connectivity index (χ4n) is 3.36. The maximum absolute atomic E-state index is 12.3. The molecule has 3 rings (SSSR count). The van der Waals surface area contributed by atoms with Crippen LogP contribution in [0.3, 0.4) is 0 Å². The first-order chi connectivity index (χ1) is 11.5. The Morgan fingerprint density at radius 2 is 1.67 bits per heavy atom. The van der Waals surface area contributed by atoms with Crippen molar-refractivity contribution in [1.29, 1.82) is 0 Å². The van der Waals surface area contributed by atoms with E-state index in [1.54, 1.807) is 4.90 Å². The molecule has 2 heterocycles. The standard InChI is InChI=1S/C18H24N2O4/c1-13-9-14(2)11-15(10-13)17(22)19-12-16(21)20-5-3-18(4-6-20)23-7-8-24-18/h9-11H,3-8,12H2,1-2H3,(H,19,22). The van der Waals surface area contributed by atoms with Gasteiger partial charge in [0.05, 0.1) is 19.8 Å². The first-order valence-electron chi connectivity index (χ1n) is 8.40. The van der Waals surface area contributed by atoms with Gasteiger partial charge in [-0.3, -0.25) is 9.59 Å². The Morgan fingerprint density at radius 1 is 1.08 bits per heavy atom. The number of nitrogens with one attached hydrogen (secondary N) is 1. The quantitative estimate of drug-likeness (QED) is 0.908. The van der Waals surface area contributed by atoms with E-state index in [1.165, 1.54) is 0 Å². The molecule has 1 N–H and O–H groups in total. The Labute approximate surface area is 142 Å². The molecular weight excluding hydrogens is 308 g/mol. The minimum atomic E-state index is -0.487. The Bertz CT molecular complexity index is 608. The summed E-state index contributed by atoms with van der Waals surface area (Å²) in [6.07, 6.45) is 1.37. The molecule has 1 aromatic rings. The summed E-state index contributed by atoms with van der Waals surface area (Å²) in [7, 11) is 0. The minimum Gasteiger partial charge on any atom is -0.347 e. The lowest BCUT2D eigenvalue weighted by atomic mass is 10.0. The fraction of sp³-hybridized carbons (Fsp3) is 0.556. The molecule has 6 nitrogen and oxygen atoms in total. The predicted molar refractivity (Wildman–Crippen MR) is 88.7 cm³/mol. The van der Waals surface area contributed by atoms with Gasteiger partial charge in [-0.25, -0.2) is 0 Å². The Morgan fingerprint density at radius 3 is 2.25 bits per heavy atom. The van der Waals surface area contributed by atoms with Crippen molar-refractivity contribution in [2.24, 2.45) is 0 Å². The summed E-state index contributed by atoms with van der Waals surface area (Å²) in [6.45, 7) is 6.36. The third kappa shape index (κ3) is 3.76. The molecule has 2 aliphatic heterocycles. The third-order valence-corrected chi connectivity index (χ3v) is 4.58. The molecule has 0 unspecified atom stereocenters. The van der Waals surface area contributed by atoms with Crippen molar-refractivity contribution in [3.05, 3.63) is 34.9 Å². The van der Waals surface area contributed by atoms with E-state index in [0.717, 1.165) is 11.1 Å². The number of carbonyl (C=O) groups excluding carboxylic acids is 2. The van der Waals surface area contributed by atoms with Gasteiger partial charge in [0.2, 0.25) is 5.91 Å². The number of nitrogens with zero attached hydrogens (tertiary/aromatic N) is 1. The smallest absolute Gasteiger partial charge is 0.251 e. The lowest BCUT2D eigenvalue weighted by Gasteiger charge is -2.37. The molecule has 0 atom stereocenters. The van der Waals surface area contributed by atoms with E-state index in [0.29, 0.717) is 44.7 Å². The number of carbonyl (C=O) groups is 2. The average Bonchev–Trinajstić information content (AvgIpc) is 3.00. The summed E-state index contributed by atoms with van der Waals surface area (Å²) in [6, 6.07) is 5.66. The van der Waals surface area contributed by atoms with E-state index in [9.17, 15) is 9.59 Å². The Balaban J connectivity index is 1.49. The molecule has 130 valence electrons. The number of amides is 2. The lowest BCUT2D eigenvalue weighted by molar-refractivity contribution is -0.187. The summed E-state index contributed by atoms with van der Waals surface area (Å²) in [5.41, 5.74) is 2.65. The Kier molecular flexibility index (Phi) is 4.87. The first kappa shape index (κ1) is 16.9. The largest absolute Gasteiger partial charge is 0.347 e. The molecule has 6 heteroatoms. The predicted octanol–water partition coefficient (Wildman–Crippen LogP) is 1.40. The van der Waals surface area contributed by atoms with Crippen LogP contribution < -0.4 is 5.32 Å². The van der Waals surface area contributed by atoms with Crippen molar-refractivity contribution in [1.82, 2.24) is 10.2 Å². The van der Waals surface area contributed by atoms with Gasteiger partial charge in [0.1, 0.15) is 0 Å². The van der Waals surface area contributed by atoms with E-state index < -0.39 is 5.79 Å². The summed E-state index contributed by atoms with van der Waals surface area (Å²) in [5.74, 6) is -0.772. The van der Waals surface area contributed by atoms with Gasteiger partial charge in [-0.05, 0) is 26.0 Å². The first-order valence-corrected chi connectivity index (χ1v) is 8.40. The normalized spacial score (nSPS) is 19.5. The molecule has 2 amide bonds. The van der Waals surface area contributed by atoms with Gasteiger partial charge in [-0.1, -0.05) is 17.2 Å². The average molecular weight is 332 g/mol. The molecule has 24 heavy (non-hydrogen) atoms. The van der Waals surface area contributed by atoms with E-state index >= 15 is 0 Å². The van der Waals surface area contributed by atoms with E-state index in [-0.39, 0.29) is 18.4 Å². The van der Waals surface area contributed by atoms with Crippen LogP contribution in [-0.2, 0) is 14.3 Å². The van der Waals surface area contributed by atoms with Crippen LogP contribution in [0, 0.1) is 13.8 Å². The monoisotopic (exact) mass is 332 g/mol. The SMILES string of the molecule is Cc1cc(C)cc(C(=O)NCC(=O)N2CCC3(CC2)OCCO3)c1. The van der Waals surface area contributed by atoms with Crippen molar-refractivity contribution in [2.75, 3.05) is 32.8 Å². The van der Waals surface area contributed by atoms with Crippen LogP contribution in [0.1, 0.15) is 34.3 Å². The van der Waals surface area contributed by atoms with Gasteiger partial charge >= 0.3 is 0 Å². The van der Waals surface area contributed by atoms with Crippen LogP contribution in [0.5, 0.6) is 0 Å². The van der Waals surface area contributed by atoms with Crippen LogP contribution >= 0.6 is 0 Å². The highest BCUT2D eigenvalue weighted by molar-refractivity contribution is 5.96. The highest BCUT2D eigenvalue weighted by Crippen LogP contribution is 2.31. The number of benzene rings is 1. The zero-order valence-electron chi connectivity index (χ0n) is 14.3. The highest BCUT2D eigenvalue weighted by atomic mass is 16.7. The third-order valence-electron chi connectivity index (χ3n) is 4.58. The van der Waals surface area contributed by atoms with Gasteiger partial charge in [-0.15, -0.1) is 0 Å². The molecule has 0 aliphatic carbocycles. The Hall–Kier alpha value is -1.92. The van der Waals surface area contributed by atoms with Crippen LogP contribution in [0.25, 0.3) is 0 Å². The summed E-state index contributed by atoms with van der Waals surface area (Å²) in [4.78, 5) is 26.3. The second-order valence-corrected chi connectivity index (χ2v) is 6.55. The number of piperidine rings is 1. The van der Waals surface area contributed by atoms with E-state index in [2.05, 4.69) is 5.32 Å². The number of rotatable bonds is 3. The fourth-order valence-corrected chi connectivity index (χ4v) is 3.36. The van der Waals surface area contributed by atoms with Crippen LogP contribution in [0.4, 0.5) is 0 Å². The molecular formula is C18H24N2O4. The topological polar surface area (TPSA) is 67.9 Å². The summed E-state index contributed by atoms with van der Waals surface area (Å²) < 4.78 is 11.3. The van der Waals surface area contributed by atoms with E-state index in [1.807, 2.05) is 32.0 Å². The molecule has 2 aliphatic rings. The maximum Gasteiger partial charge on any atom is 0.251 e. The molecule has 0 aromatic heterocycles. The number of likely N-dealkylation sites (tertiary alicyclic amines) is 1. The van der Waals surface area contributed by atoms with Crippen molar-refractivity contribution in [2.45, 2.75) is 32.5 Å². The van der Waals surface area contributed by atoms with E-state index in [4.69, 9.17) is 9.47 Å². The molecule has 1 spiro atoms. The van der Waals surface area contributed by atoms with Gasteiger partial charge in [-0.2, -0.15) is 0 Å². The molecule has 2 fully saturated rings. The van der Waals surface area contributed by atoms with Gasteiger partial charge in [0.15, 0.2) is 5.79 Å². The van der Waals surface area contributed by atoms with Crippen molar-refractivity contribution in [3.63, 3.8) is 0 Å². The lowest BCUT2D eigenvalue weighted by Crippen LogP contribution is -2.49. The van der Waals surface area contributed by atoms with Crippen molar-refractivity contribution < 1.29 is 19.1 Å². The number of hydrogen-bond acceptors (Lipinski definition) is 4. The molecule has 0 bridgehead atoms. The van der Waals surface area contributed by atoms with Gasteiger partial charge < -0.3 is 19.7 Å². The van der Waals surface area contributed by atoms with Crippen molar-refractivity contribution in [3.8, 4) is 0 Å². The van der Waals surface area contributed by atoms with Crippen molar-refractivity contribution >= 4 is 11.8 Å². The number of aryl methyl sites for hydroxylation is 2. The second kappa shape index (κ2) is 6.91. The zero-order valence-corrected chi connectivity index (χ0v) is 14.3. The van der Waals surface area contributed by atoms with Crippen LogP contribution in [0.2, 0.25) is 0 Å². The van der Waals surface area contributed by atoms with Gasteiger partial charge in [0.25, 0.3) is 5.91 Å². The number of hydrogen-bond donors (Lipinski definition) is 1. The summed E-state index contributed by atoms with van der Waals surface area (Å²) in [5, 5.41) is 2.72. The maximum atomic E-state index is 12.3. The molecule has 2 saturated heterocycles. The second-order valence-electron chi connectivity index (χ2n) is 6.55. The zero-order chi connectivity index (χ0) is 17.2. The highest BCUT2D eigenvalue weighted by Gasteiger charge is 2.40. The summed E-state index contributed by atoms with van der Waals surface area (Å²) >= 11 is 0. The minimum absolute atomic E-state index is 0.0144. The molecule has 0 radical (unpaired) electrons. The number of ether oxygens (including phenoxy) is 2. The molecule has 0 saturated carbocycles. The van der Waals surface area contributed by atoms with Gasteiger partial charge in [0, 0.05) is 31.5 Å². The van der Waals surface area contributed by atoms with Crippen LogP contribution in [-0.4, -0.2) is 55.3 Å². The van der Waals surface area contributed by atoms with Crippen LogP contribution in [0.15, 0.2) is 18.2 Å².